The van der Waals surface area contributed by atoms with E-state index in [2.05, 4.69) is 44.1 Å². The van der Waals surface area contributed by atoms with Crippen LogP contribution in [-0.4, -0.2) is 43.8 Å². The molecule has 0 radical (unpaired) electrons. The number of ether oxygens (including phenoxy) is 1. The predicted octanol–water partition coefficient (Wildman–Crippen LogP) is 1.69. The van der Waals surface area contributed by atoms with Gasteiger partial charge in [0.05, 0.1) is 20.2 Å². The van der Waals surface area contributed by atoms with Crippen molar-refractivity contribution in [3.63, 3.8) is 0 Å². The summed E-state index contributed by atoms with van der Waals surface area (Å²) in [7, 11) is 3.76. The highest BCUT2D eigenvalue weighted by molar-refractivity contribution is 5.37. The van der Waals surface area contributed by atoms with Crippen LogP contribution in [0.25, 0.3) is 0 Å². The molecule has 2 heterocycles. The number of hydrogen-bond acceptors (Lipinski definition) is 5. The number of benzene rings is 1. The Balaban J connectivity index is 1.72. The Morgan fingerprint density at radius 3 is 2.91 bits per heavy atom. The number of nitrogens with one attached hydrogen (secondary N) is 1. The van der Waals surface area contributed by atoms with Crippen LogP contribution in [0, 0.1) is 0 Å². The second-order valence-electron chi connectivity index (χ2n) is 5.45. The average molecular weight is 312 g/mol. The van der Waals surface area contributed by atoms with Crippen molar-refractivity contribution in [2.45, 2.75) is 19.6 Å². The van der Waals surface area contributed by atoms with Crippen LogP contribution in [0.15, 0.2) is 43.2 Å². The molecule has 3 rings (SSSR count). The third-order valence-corrected chi connectivity index (χ3v) is 3.57. The first kappa shape index (κ1) is 15.2. The maximum Gasteiger partial charge on any atom is 0.137 e. The number of H-pyrrole nitrogens is 1. The highest BCUT2D eigenvalue weighted by Crippen LogP contribution is 2.21. The van der Waals surface area contributed by atoms with Crippen molar-refractivity contribution in [1.29, 1.82) is 0 Å². The van der Waals surface area contributed by atoms with Gasteiger partial charge in [0.2, 0.25) is 0 Å². The Morgan fingerprint density at radius 2 is 2.22 bits per heavy atom. The number of hydrogen-bond donors (Lipinski definition) is 1. The second kappa shape index (κ2) is 7.06. The van der Waals surface area contributed by atoms with Crippen molar-refractivity contribution >= 4 is 0 Å². The molecule has 0 aliphatic heterocycles. The van der Waals surface area contributed by atoms with Gasteiger partial charge in [-0.2, -0.15) is 5.10 Å². The van der Waals surface area contributed by atoms with Crippen LogP contribution in [0.2, 0.25) is 0 Å². The number of aromatic amines is 1. The molecule has 0 bridgehead atoms. The lowest BCUT2D eigenvalue weighted by atomic mass is 10.1. The van der Waals surface area contributed by atoms with Crippen LogP contribution >= 0.6 is 0 Å². The van der Waals surface area contributed by atoms with Crippen LogP contribution in [0.5, 0.6) is 5.75 Å². The number of methoxy groups -OCH3 is 1. The van der Waals surface area contributed by atoms with E-state index in [1.165, 1.54) is 11.9 Å². The Kier molecular flexibility index (Phi) is 4.68. The molecule has 7 heteroatoms. The van der Waals surface area contributed by atoms with Gasteiger partial charge >= 0.3 is 0 Å². The molecule has 2 aromatic heterocycles. The van der Waals surface area contributed by atoms with E-state index in [1.807, 2.05) is 12.3 Å². The molecule has 0 spiro atoms. The predicted molar refractivity (Wildman–Crippen MR) is 85.9 cm³/mol. The Labute approximate surface area is 134 Å². The van der Waals surface area contributed by atoms with Crippen molar-refractivity contribution in [2.24, 2.45) is 0 Å². The van der Waals surface area contributed by atoms with Gasteiger partial charge in [-0.15, -0.1) is 0 Å². The summed E-state index contributed by atoms with van der Waals surface area (Å²) in [5.74, 6) is 1.82. The molecule has 0 aliphatic carbocycles. The van der Waals surface area contributed by atoms with Gasteiger partial charge in [0.1, 0.15) is 24.2 Å². The fraction of sp³-hybridized carbons (Fsp3) is 0.312. The van der Waals surface area contributed by atoms with E-state index in [1.54, 1.807) is 24.3 Å². The van der Waals surface area contributed by atoms with E-state index in [4.69, 9.17) is 4.74 Å². The molecule has 0 unspecified atom stereocenters. The van der Waals surface area contributed by atoms with Crippen molar-refractivity contribution in [3.8, 4) is 5.75 Å². The summed E-state index contributed by atoms with van der Waals surface area (Å²) in [4.78, 5) is 13.6. The van der Waals surface area contributed by atoms with Crippen molar-refractivity contribution in [2.75, 3.05) is 14.2 Å². The van der Waals surface area contributed by atoms with E-state index >= 15 is 0 Å². The number of nitrogens with zero attached hydrogens (tertiary/aromatic N) is 5. The maximum absolute atomic E-state index is 5.45. The normalized spacial score (nSPS) is 11.1. The minimum atomic E-state index is 0.638. The second-order valence-corrected chi connectivity index (χ2v) is 5.45. The fourth-order valence-corrected chi connectivity index (χ4v) is 2.55. The van der Waals surface area contributed by atoms with Gasteiger partial charge < -0.3 is 9.72 Å². The van der Waals surface area contributed by atoms with Crippen LogP contribution < -0.4 is 4.74 Å². The molecule has 1 N–H and O–H groups in total. The van der Waals surface area contributed by atoms with Gasteiger partial charge in [0.15, 0.2) is 0 Å². The molecule has 0 saturated heterocycles. The molecule has 23 heavy (non-hydrogen) atoms. The first-order valence-electron chi connectivity index (χ1n) is 7.39. The zero-order chi connectivity index (χ0) is 16.1. The van der Waals surface area contributed by atoms with Crippen molar-refractivity contribution in [3.05, 3.63) is 60.2 Å². The Bertz CT molecular complexity index is 723. The van der Waals surface area contributed by atoms with E-state index in [9.17, 15) is 0 Å². The van der Waals surface area contributed by atoms with Gasteiger partial charge in [0.25, 0.3) is 0 Å². The summed E-state index contributed by atoms with van der Waals surface area (Å²) in [5, 5.41) is 4.15. The number of rotatable bonds is 7. The molecule has 0 amide bonds. The first-order chi connectivity index (χ1) is 11.2. The summed E-state index contributed by atoms with van der Waals surface area (Å²) in [6.07, 6.45) is 6.85. The molecule has 0 aliphatic rings. The molecule has 1 aromatic carbocycles. The highest BCUT2D eigenvalue weighted by atomic mass is 16.5. The fourth-order valence-electron chi connectivity index (χ4n) is 2.55. The van der Waals surface area contributed by atoms with Crippen LogP contribution in [-0.2, 0) is 19.6 Å². The Morgan fingerprint density at radius 1 is 1.30 bits per heavy atom. The van der Waals surface area contributed by atoms with E-state index in [0.717, 1.165) is 30.2 Å². The maximum atomic E-state index is 5.45. The lowest BCUT2D eigenvalue weighted by Gasteiger charge is -2.17. The molecule has 3 aromatic rings. The largest absolute Gasteiger partial charge is 0.496 e. The summed E-state index contributed by atoms with van der Waals surface area (Å²) < 4.78 is 7.24. The SMILES string of the molecule is COc1ccc(CN(C)Cc2ncc[nH]2)cc1Cn1cncn1. The Hall–Kier alpha value is -2.67. The molecule has 0 saturated carbocycles. The minimum Gasteiger partial charge on any atom is -0.496 e. The molecule has 120 valence electrons. The third-order valence-electron chi connectivity index (χ3n) is 3.57. The lowest BCUT2D eigenvalue weighted by molar-refractivity contribution is 0.311. The van der Waals surface area contributed by atoms with Crippen LogP contribution in [0.4, 0.5) is 0 Å². The molecular weight excluding hydrogens is 292 g/mol. The van der Waals surface area contributed by atoms with Gasteiger partial charge in [-0.3, -0.25) is 4.90 Å². The van der Waals surface area contributed by atoms with Crippen LogP contribution in [0.3, 0.4) is 0 Å². The lowest BCUT2D eigenvalue weighted by Crippen LogP contribution is -2.18. The van der Waals surface area contributed by atoms with Gasteiger partial charge in [-0.05, 0) is 24.7 Å². The van der Waals surface area contributed by atoms with E-state index in [0.29, 0.717) is 6.54 Å². The first-order valence-corrected chi connectivity index (χ1v) is 7.39. The zero-order valence-corrected chi connectivity index (χ0v) is 13.3. The van der Waals surface area contributed by atoms with Gasteiger partial charge in [-0.25, -0.2) is 14.6 Å². The van der Waals surface area contributed by atoms with Crippen LogP contribution in [0.1, 0.15) is 17.0 Å². The van der Waals surface area contributed by atoms with E-state index < -0.39 is 0 Å². The van der Waals surface area contributed by atoms with Crippen molar-refractivity contribution < 1.29 is 4.74 Å². The van der Waals surface area contributed by atoms with Gasteiger partial charge in [0, 0.05) is 24.5 Å². The average Bonchev–Trinajstić information content (AvgIpc) is 3.21. The standard InChI is InChI=1S/C16H20N6O/c1-21(10-16-18-5-6-19-16)8-13-3-4-15(23-2)14(7-13)9-22-12-17-11-20-22/h3-7,11-12H,8-10H2,1-2H3,(H,18,19). The third kappa shape index (κ3) is 3.95. The van der Waals surface area contributed by atoms with Gasteiger partial charge in [-0.1, -0.05) is 6.07 Å². The summed E-state index contributed by atoms with van der Waals surface area (Å²) in [5.41, 5.74) is 2.30. The smallest absolute Gasteiger partial charge is 0.137 e. The number of aromatic nitrogens is 5. The number of imidazole rings is 1. The summed E-state index contributed by atoms with van der Waals surface area (Å²) >= 11 is 0. The molecular formula is C16H20N6O. The quantitative estimate of drug-likeness (QED) is 0.719. The van der Waals surface area contributed by atoms with E-state index in [-0.39, 0.29) is 0 Å². The molecule has 7 nitrogen and oxygen atoms in total. The highest BCUT2D eigenvalue weighted by Gasteiger charge is 2.09. The molecule has 0 atom stereocenters. The monoisotopic (exact) mass is 312 g/mol. The zero-order valence-electron chi connectivity index (χ0n) is 13.3. The topological polar surface area (TPSA) is 71.9 Å². The minimum absolute atomic E-state index is 0.638. The summed E-state index contributed by atoms with van der Waals surface area (Å²) in [6.45, 7) is 2.24. The molecule has 0 fully saturated rings. The van der Waals surface area contributed by atoms with Crippen molar-refractivity contribution in [1.82, 2.24) is 29.6 Å². The summed E-state index contributed by atoms with van der Waals surface area (Å²) in [6, 6.07) is 6.24.